The smallest absolute Gasteiger partial charge is 0.123 e. The highest BCUT2D eigenvalue weighted by Gasteiger charge is 2.21. The Morgan fingerprint density at radius 3 is 2.71 bits per heavy atom. The first-order valence-corrected chi connectivity index (χ1v) is 6.48. The van der Waals surface area contributed by atoms with Crippen LogP contribution in [0.2, 0.25) is 0 Å². The van der Waals surface area contributed by atoms with Crippen molar-refractivity contribution in [2.45, 2.75) is 38.3 Å². The Morgan fingerprint density at radius 1 is 1.29 bits per heavy atom. The molecule has 1 aliphatic carbocycles. The molecule has 1 saturated carbocycles. The summed E-state index contributed by atoms with van der Waals surface area (Å²) in [6.07, 6.45) is 5.15. The van der Waals surface area contributed by atoms with Gasteiger partial charge in [0.25, 0.3) is 0 Å². The lowest BCUT2D eigenvalue weighted by molar-refractivity contribution is 0.195. The maximum absolute atomic E-state index is 13.1. The first-order chi connectivity index (χ1) is 8.29. The molecule has 1 aliphatic rings. The SMILES string of the molecule is NCCN(Cc1cccc(F)c1)C1CCCC1. The van der Waals surface area contributed by atoms with E-state index in [0.29, 0.717) is 12.6 Å². The minimum atomic E-state index is -0.151. The Morgan fingerprint density at radius 2 is 2.06 bits per heavy atom. The van der Waals surface area contributed by atoms with Gasteiger partial charge in [0.05, 0.1) is 0 Å². The summed E-state index contributed by atoms with van der Waals surface area (Å²) in [6, 6.07) is 7.52. The van der Waals surface area contributed by atoms with Crippen LogP contribution in [0.25, 0.3) is 0 Å². The highest BCUT2D eigenvalue weighted by atomic mass is 19.1. The van der Waals surface area contributed by atoms with Crippen molar-refractivity contribution in [3.8, 4) is 0 Å². The monoisotopic (exact) mass is 236 g/mol. The molecule has 0 spiro atoms. The molecule has 2 nitrogen and oxygen atoms in total. The second-order valence-corrected chi connectivity index (χ2v) is 4.83. The number of nitrogens with two attached hydrogens (primary N) is 1. The van der Waals surface area contributed by atoms with Crippen LogP contribution in [-0.4, -0.2) is 24.0 Å². The predicted octanol–water partition coefficient (Wildman–Crippen LogP) is 2.53. The van der Waals surface area contributed by atoms with E-state index in [1.54, 1.807) is 12.1 Å². The van der Waals surface area contributed by atoms with E-state index in [0.717, 1.165) is 18.7 Å². The summed E-state index contributed by atoms with van der Waals surface area (Å²) in [6.45, 7) is 2.40. The van der Waals surface area contributed by atoms with E-state index >= 15 is 0 Å². The van der Waals surface area contributed by atoms with Crippen LogP contribution in [0.3, 0.4) is 0 Å². The number of halogens is 1. The number of nitrogens with zero attached hydrogens (tertiary/aromatic N) is 1. The van der Waals surface area contributed by atoms with Crippen LogP contribution < -0.4 is 5.73 Å². The lowest BCUT2D eigenvalue weighted by Crippen LogP contribution is -2.36. The van der Waals surface area contributed by atoms with E-state index in [-0.39, 0.29) is 5.82 Å². The molecule has 0 unspecified atom stereocenters. The van der Waals surface area contributed by atoms with Gasteiger partial charge in [-0.1, -0.05) is 25.0 Å². The second kappa shape index (κ2) is 6.12. The van der Waals surface area contributed by atoms with Crippen LogP contribution in [0.15, 0.2) is 24.3 Å². The van der Waals surface area contributed by atoms with Gasteiger partial charge in [-0.05, 0) is 30.5 Å². The van der Waals surface area contributed by atoms with Crippen LogP contribution in [-0.2, 0) is 6.54 Å². The molecule has 0 bridgehead atoms. The normalized spacial score (nSPS) is 16.9. The first kappa shape index (κ1) is 12.5. The summed E-state index contributed by atoms with van der Waals surface area (Å²) in [5.74, 6) is -0.151. The Labute approximate surface area is 103 Å². The number of hydrogen-bond donors (Lipinski definition) is 1. The molecule has 0 radical (unpaired) electrons. The minimum absolute atomic E-state index is 0.151. The highest BCUT2D eigenvalue weighted by molar-refractivity contribution is 5.16. The molecule has 3 heteroatoms. The average Bonchev–Trinajstić information content (AvgIpc) is 2.82. The lowest BCUT2D eigenvalue weighted by Gasteiger charge is -2.28. The van der Waals surface area contributed by atoms with E-state index in [1.807, 2.05) is 6.07 Å². The van der Waals surface area contributed by atoms with Gasteiger partial charge in [-0.3, -0.25) is 4.90 Å². The van der Waals surface area contributed by atoms with Crippen molar-refractivity contribution in [2.24, 2.45) is 5.73 Å². The van der Waals surface area contributed by atoms with Gasteiger partial charge in [0.1, 0.15) is 5.82 Å². The van der Waals surface area contributed by atoms with E-state index < -0.39 is 0 Å². The van der Waals surface area contributed by atoms with Crippen molar-refractivity contribution >= 4 is 0 Å². The van der Waals surface area contributed by atoms with Crippen molar-refractivity contribution in [1.29, 1.82) is 0 Å². The van der Waals surface area contributed by atoms with E-state index in [2.05, 4.69) is 4.90 Å². The van der Waals surface area contributed by atoms with Gasteiger partial charge in [-0.15, -0.1) is 0 Å². The largest absolute Gasteiger partial charge is 0.329 e. The molecule has 0 amide bonds. The summed E-state index contributed by atoms with van der Waals surface area (Å²) in [7, 11) is 0. The molecule has 2 rings (SSSR count). The highest BCUT2D eigenvalue weighted by Crippen LogP contribution is 2.24. The number of benzene rings is 1. The summed E-state index contributed by atoms with van der Waals surface area (Å²) >= 11 is 0. The predicted molar refractivity (Wildman–Crippen MR) is 68.1 cm³/mol. The van der Waals surface area contributed by atoms with E-state index in [1.165, 1.54) is 31.7 Å². The standard InChI is InChI=1S/C14H21FN2/c15-13-5-3-4-12(10-13)11-17(9-8-16)14-6-1-2-7-14/h3-5,10,14H,1-2,6-9,11,16H2. The van der Waals surface area contributed by atoms with E-state index in [4.69, 9.17) is 5.73 Å². The van der Waals surface area contributed by atoms with Crippen LogP contribution in [0.5, 0.6) is 0 Å². The number of rotatable bonds is 5. The summed E-state index contributed by atoms with van der Waals surface area (Å²) < 4.78 is 13.1. The molecule has 1 aromatic rings. The zero-order valence-electron chi connectivity index (χ0n) is 10.2. The molecule has 0 heterocycles. The maximum atomic E-state index is 13.1. The fourth-order valence-corrected chi connectivity index (χ4v) is 2.70. The van der Waals surface area contributed by atoms with Crippen molar-refractivity contribution in [3.05, 3.63) is 35.6 Å². The van der Waals surface area contributed by atoms with Crippen molar-refractivity contribution < 1.29 is 4.39 Å². The fourth-order valence-electron chi connectivity index (χ4n) is 2.70. The molecule has 0 atom stereocenters. The molecule has 1 aromatic carbocycles. The van der Waals surface area contributed by atoms with Crippen LogP contribution in [0, 0.1) is 5.82 Å². The molecular weight excluding hydrogens is 215 g/mol. The van der Waals surface area contributed by atoms with Gasteiger partial charge in [0.2, 0.25) is 0 Å². The quantitative estimate of drug-likeness (QED) is 0.851. The maximum Gasteiger partial charge on any atom is 0.123 e. The molecule has 2 N–H and O–H groups in total. The third-order valence-electron chi connectivity index (χ3n) is 3.53. The van der Waals surface area contributed by atoms with Crippen LogP contribution in [0.4, 0.5) is 4.39 Å². The summed E-state index contributed by atoms with van der Waals surface area (Å²) in [4.78, 5) is 2.40. The Balaban J connectivity index is 2.01. The van der Waals surface area contributed by atoms with Crippen molar-refractivity contribution in [3.63, 3.8) is 0 Å². The third kappa shape index (κ3) is 3.51. The van der Waals surface area contributed by atoms with E-state index in [9.17, 15) is 4.39 Å². The first-order valence-electron chi connectivity index (χ1n) is 6.48. The molecule has 0 saturated heterocycles. The van der Waals surface area contributed by atoms with Gasteiger partial charge in [-0.25, -0.2) is 4.39 Å². The van der Waals surface area contributed by atoms with Gasteiger partial charge in [-0.2, -0.15) is 0 Å². The molecular formula is C14H21FN2. The summed E-state index contributed by atoms with van der Waals surface area (Å²) in [5.41, 5.74) is 6.71. The van der Waals surface area contributed by atoms with Crippen molar-refractivity contribution in [1.82, 2.24) is 4.90 Å². The molecule has 17 heavy (non-hydrogen) atoms. The van der Waals surface area contributed by atoms with Gasteiger partial charge >= 0.3 is 0 Å². The third-order valence-corrected chi connectivity index (χ3v) is 3.53. The Bertz CT molecular complexity index is 348. The molecule has 1 fully saturated rings. The Hall–Kier alpha value is -0.930. The topological polar surface area (TPSA) is 29.3 Å². The number of hydrogen-bond acceptors (Lipinski definition) is 2. The lowest BCUT2D eigenvalue weighted by atomic mass is 10.1. The van der Waals surface area contributed by atoms with Gasteiger partial charge in [0.15, 0.2) is 0 Å². The molecule has 0 aliphatic heterocycles. The molecule has 94 valence electrons. The zero-order chi connectivity index (χ0) is 12.1. The van der Waals surface area contributed by atoms with Crippen LogP contribution >= 0.6 is 0 Å². The average molecular weight is 236 g/mol. The van der Waals surface area contributed by atoms with Gasteiger partial charge in [0, 0.05) is 25.7 Å². The van der Waals surface area contributed by atoms with Crippen LogP contribution in [0.1, 0.15) is 31.2 Å². The zero-order valence-corrected chi connectivity index (χ0v) is 10.2. The summed E-state index contributed by atoms with van der Waals surface area (Å²) in [5, 5.41) is 0. The minimum Gasteiger partial charge on any atom is -0.329 e. The van der Waals surface area contributed by atoms with Gasteiger partial charge < -0.3 is 5.73 Å². The van der Waals surface area contributed by atoms with Crippen molar-refractivity contribution in [2.75, 3.05) is 13.1 Å². The molecule has 0 aromatic heterocycles. The Kier molecular flexibility index (Phi) is 4.51. The second-order valence-electron chi connectivity index (χ2n) is 4.83. The fraction of sp³-hybridized carbons (Fsp3) is 0.571.